The summed E-state index contributed by atoms with van der Waals surface area (Å²) in [6.45, 7) is -0.579. The van der Waals surface area contributed by atoms with Crippen molar-refractivity contribution in [2.45, 2.75) is 12.7 Å². The molecule has 3 rings (SSSR count). The summed E-state index contributed by atoms with van der Waals surface area (Å²) in [4.78, 5) is 34.9. The third kappa shape index (κ3) is 3.82. The second kappa shape index (κ2) is 6.51. The molecule has 0 saturated carbocycles. The van der Waals surface area contributed by atoms with Crippen molar-refractivity contribution in [2.24, 2.45) is 0 Å². The van der Waals surface area contributed by atoms with Crippen molar-refractivity contribution >= 4 is 22.6 Å². The lowest BCUT2D eigenvalue weighted by Crippen LogP contribution is -2.28. The van der Waals surface area contributed by atoms with Gasteiger partial charge in [-0.05, 0) is 30.3 Å². The predicted octanol–water partition coefficient (Wildman–Crippen LogP) is 2.61. The molecule has 0 fully saturated rings. The molecule has 0 unspecified atom stereocenters. The van der Waals surface area contributed by atoms with Gasteiger partial charge < -0.3 is 14.3 Å². The predicted molar refractivity (Wildman–Crippen MR) is 86.8 cm³/mol. The Hall–Kier alpha value is -3.36. The highest BCUT2D eigenvalue weighted by Crippen LogP contribution is 2.28. The minimum Gasteiger partial charge on any atom is -0.423 e. The third-order valence-electron chi connectivity index (χ3n) is 3.53. The monoisotopic (exact) mass is 364 g/mol. The number of halogens is 3. The van der Waals surface area contributed by atoms with Crippen LogP contribution >= 0.6 is 0 Å². The van der Waals surface area contributed by atoms with Crippen LogP contribution in [0.3, 0.4) is 0 Å². The largest absolute Gasteiger partial charge is 0.423 e. The zero-order chi connectivity index (χ0) is 18.9. The zero-order valence-electron chi connectivity index (χ0n) is 13.0. The molecule has 1 aromatic carbocycles. The molecule has 3 aromatic rings. The summed E-state index contributed by atoms with van der Waals surface area (Å²) < 4.78 is 43.8. The van der Waals surface area contributed by atoms with E-state index in [1.165, 1.54) is 30.3 Å². The quantitative estimate of drug-likeness (QED) is 0.725. The van der Waals surface area contributed by atoms with E-state index in [0.717, 1.165) is 6.07 Å². The molecule has 0 aliphatic heterocycles. The number of hydrogen-bond acceptors (Lipinski definition) is 4. The second-order valence-electron chi connectivity index (χ2n) is 5.44. The van der Waals surface area contributed by atoms with Crippen molar-refractivity contribution in [2.75, 3.05) is 5.32 Å². The van der Waals surface area contributed by atoms with Gasteiger partial charge in [-0.1, -0.05) is 0 Å². The molecule has 0 saturated heterocycles. The molecule has 2 aromatic heterocycles. The number of benzene rings is 1. The zero-order valence-corrected chi connectivity index (χ0v) is 13.0. The minimum atomic E-state index is -4.62. The summed E-state index contributed by atoms with van der Waals surface area (Å²) in [5.41, 5.74) is -1.60. The number of nitrogens with zero attached hydrogens (tertiary/aromatic N) is 1. The van der Waals surface area contributed by atoms with E-state index in [-0.39, 0.29) is 0 Å². The van der Waals surface area contributed by atoms with E-state index < -0.39 is 35.4 Å². The van der Waals surface area contributed by atoms with Gasteiger partial charge in [0, 0.05) is 29.4 Å². The van der Waals surface area contributed by atoms with E-state index in [2.05, 4.69) is 5.32 Å². The summed E-state index contributed by atoms with van der Waals surface area (Å²) in [7, 11) is 0. The number of alkyl halides is 3. The average Bonchev–Trinajstić information content (AvgIpc) is 2.56. The molecular weight excluding hydrogens is 353 g/mol. The highest BCUT2D eigenvalue weighted by Gasteiger charge is 2.31. The maximum absolute atomic E-state index is 12.7. The Labute approximate surface area is 143 Å². The topological polar surface area (TPSA) is 81.3 Å². The fraction of sp³-hybridized carbons (Fsp3) is 0.118. The van der Waals surface area contributed by atoms with Crippen molar-refractivity contribution < 1.29 is 22.4 Å². The Morgan fingerprint density at radius 2 is 1.85 bits per heavy atom. The smallest absolute Gasteiger partial charge is 0.417 e. The van der Waals surface area contributed by atoms with Gasteiger partial charge in [-0.2, -0.15) is 13.2 Å². The number of pyridine rings is 1. The second-order valence-corrected chi connectivity index (χ2v) is 5.44. The van der Waals surface area contributed by atoms with Gasteiger partial charge in [0.1, 0.15) is 12.1 Å². The Morgan fingerprint density at radius 3 is 2.58 bits per heavy atom. The van der Waals surface area contributed by atoms with Gasteiger partial charge in [0.25, 0.3) is 5.56 Å². The maximum atomic E-state index is 12.7. The van der Waals surface area contributed by atoms with Gasteiger partial charge in [0.05, 0.1) is 5.56 Å². The van der Waals surface area contributed by atoms with Crippen LogP contribution in [-0.4, -0.2) is 10.5 Å². The maximum Gasteiger partial charge on any atom is 0.417 e. The van der Waals surface area contributed by atoms with E-state index >= 15 is 0 Å². The Bertz CT molecular complexity index is 1100. The fourth-order valence-corrected chi connectivity index (χ4v) is 2.33. The van der Waals surface area contributed by atoms with Crippen molar-refractivity contribution in [1.29, 1.82) is 0 Å². The summed E-state index contributed by atoms with van der Waals surface area (Å²) in [5.74, 6) is -0.678. The molecule has 0 aliphatic rings. The van der Waals surface area contributed by atoms with Gasteiger partial charge >= 0.3 is 11.8 Å². The number of carbonyl (C=O) groups is 1. The number of carbonyl (C=O) groups excluding carboxylic acids is 1. The van der Waals surface area contributed by atoms with E-state index in [9.17, 15) is 27.6 Å². The average molecular weight is 364 g/mol. The lowest BCUT2D eigenvalue weighted by molar-refractivity contribution is -0.138. The Kier molecular flexibility index (Phi) is 4.37. The normalized spacial score (nSPS) is 11.5. The first-order chi connectivity index (χ1) is 12.2. The molecule has 1 amide bonds. The van der Waals surface area contributed by atoms with Crippen LogP contribution in [-0.2, 0) is 17.5 Å². The first-order valence-corrected chi connectivity index (χ1v) is 7.34. The van der Waals surface area contributed by atoms with E-state index in [1.54, 1.807) is 0 Å². The first-order valence-electron chi connectivity index (χ1n) is 7.34. The molecule has 0 atom stereocenters. The molecule has 1 N–H and O–H groups in total. The van der Waals surface area contributed by atoms with Gasteiger partial charge in [0.15, 0.2) is 0 Å². The summed E-state index contributed by atoms with van der Waals surface area (Å²) >= 11 is 0. The number of anilines is 1. The molecule has 0 radical (unpaired) electrons. The number of rotatable bonds is 3. The highest BCUT2D eigenvalue weighted by atomic mass is 19.4. The number of aromatic nitrogens is 1. The van der Waals surface area contributed by atoms with Crippen LogP contribution in [0.2, 0.25) is 0 Å². The van der Waals surface area contributed by atoms with Gasteiger partial charge in [-0.3, -0.25) is 9.59 Å². The SMILES string of the molecule is O=C(Cn1cc(C(F)(F)F)ccc1=O)Nc1ccc2oc(=O)ccc2c1. The summed E-state index contributed by atoms with van der Waals surface area (Å²) in [5, 5.41) is 3.04. The van der Waals surface area contributed by atoms with Crippen LogP contribution in [0, 0.1) is 0 Å². The molecule has 2 heterocycles. The van der Waals surface area contributed by atoms with E-state index in [0.29, 0.717) is 33.5 Å². The van der Waals surface area contributed by atoms with Crippen molar-refractivity contribution in [3.8, 4) is 0 Å². The Balaban J connectivity index is 1.80. The van der Waals surface area contributed by atoms with Gasteiger partial charge in [-0.15, -0.1) is 0 Å². The van der Waals surface area contributed by atoms with Gasteiger partial charge in [0.2, 0.25) is 5.91 Å². The van der Waals surface area contributed by atoms with Crippen LogP contribution in [0.15, 0.2) is 62.7 Å². The molecule has 6 nitrogen and oxygen atoms in total. The number of fused-ring (bicyclic) bond motifs is 1. The molecule has 0 bridgehead atoms. The van der Waals surface area contributed by atoms with Crippen LogP contribution in [0.25, 0.3) is 11.0 Å². The Morgan fingerprint density at radius 1 is 1.08 bits per heavy atom. The molecular formula is C17H11F3N2O4. The lowest BCUT2D eigenvalue weighted by Gasteiger charge is -2.11. The van der Waals surface area contributed by atoms with Crippen molar-refractivity contribution in [1.82, 2.24) is 4.57 Å². The number of hydrogen-bond donors (Lipinski definition) is 1. The molecule has 134 valence electrons. The molecule has 9 heteroatoms. The van der Waals surface area contributed by atoms with Crippen molar-refractivity contribution in [3.63, 3.8) is 0 Å². The molecule has 0 spiro atoms. The molecule has 0 aliphatic carbocycles. The molecule has 26 heavy (non-hydrogen) atoms. The number of nitrogens with one attached hydrogen (secondary N) is 1. The van der Waals surface area contributed by atoms with Crippen molar-refractivity contribution in [3.05, 3.63) is 75.0 Å². The van der Waals surface area contributed by atoms with Crippen LogP contribution < -0.4 is 16.5 Å². The standard InChI is InChI=1S/C17H11F3N2O4/c18-17(19,20)11-2-5-15(24)22(8-11)9-14(23)21-12-3-4-13-10(7-12)1-6-16(25)26-13/h1-8H,9H2,(H,21,23). The van der Waals surface area contributed by atoms with E-state index in [4.69, 9.17) is 4.42 Å². The highest BCUT2D eigenvalue weighted by molar-refractivity contribution is 5.93. The van der Waals surface area contributed by atoms with Crippen LogP contribution in [0.5, 0.6) is 0 Å². The lowest BCUT2D eigenvalue weighted by atomic mass is 10.2. The third-order valence-corrected chi connectivity index (χ3v) is 3.53. The van der Waals surface area contributed by atoms with E-state index in [1.807, 2.05) is 0 Å². The first kappa shape index (κ1) is 17.5. The summed E-state index contributed by atoms with van der Waals surface area (Å²) in [6, 6.07) is 8.62. The van der Waals surface area contributed by atoms with Crippen LogP contribution in [0.4, 0.5) is 18.9 Å². The minimum absolute atomic E-state index is 0.324. The van der Waals surface area contributed by atoms with Gasteiger partial charge in [-0.25, -0.2) is 4.79 Å². The number of amides is 1. The summed E-state index contributed by atoms with van der Waals surface area (Å²) in [6.07, 6.45) is -4.02. The fourth-order valence-electron chi connectivity index (χ4n) is 2.33. The van der Waals surface area contributed by atoms with Crippen LogP contribution in [0.1, 0.15) is 5.56 Å².